The molecule has 0 unspecified atom stereocenters. The second kappa shape index (κ2) is 5.73. The van der Waals surface area contributed by atoms with Crippen LogP contribution in [0.25, 0.3) is 11.0 Å². The first kappa shape index (κ1) is 13.4. The van der Waals surface area contributed by atoms with Crippen LogP contribution in [-0.4, -0.2) is 29.1 Å². The van der Waals surface area contributed by atoms with E-state index in [0.29, 0.717) is 13.0 Å². The Kier molecular flexibility index (Phi) is 4.04. The maximum absolute atomic E-state index is 11.2. The lowest BCUT2D eigenvalue weighted by atomic mass is 10.3. The minimum Gasteiger partial charge on any atom is -0.497 e. The third-order valence-corrected chi connectivity index (χ3v) is 3.17. The quantitative estimate of drug-likeness (QED) is 0.890. The van der Waals surface area contributed by atoms with E-state index in [2.05, 4.69) is 10.3 Å². The van der Waals surface area contributed by atoms with Gasteiger partial charge in [-0.25, -0.2) is 4.98 Å². The molecule has 1 amide bonds. The summed E-state index contributed by atoms with van der Waals surface area (Å²) in [5.41, 5.74) is 1.98. The van der Waals surface area contributed by atoms with Gasteiger partial charge in [0.2, 0.25) is 5.91 Å². The molecule has 102 valence electrons. The number of amides is 1. The number of imidazole rings is 1. The van der Waals surface area contributed by atoms with E-state index >= 15 is 0 Å². The molecule has 1 aromatic heterocycles. The van der Waals surface area contributed by atoms with Gasteiger partial charge in [-0.2, -0.15) is 0 Å². The van der Waals surface area contributed by atoms with Crippen molar-refractivity contribution in [1.29, 1.82) is 0 Å². The molecule has 1 N–H and O–H groups in total. The van der Waals surface area contributed by atoms with Crippen LogP contribution < -0.4 is 10.1 Å². The van der Waals surface area contributed by atoms with Crippen LogP contribution in [-0.2, 0) is 18.3 Å². The number of ether oxygens (including phenoxy) is 1. The number of rotatable bonds is 5. The van der Waals surface area contributed by atoms with Gasteiger partial charge in [0, 0.05) is 32.5 Å². The molecule has 2 rings (SSSR count). The summed E-state index contributed by atoms with van der Waals surface area (Å²) in [4.78, 5) is 15.8. The van der Waals surface area contributed by atoms with Crippen LogP contribution >= 0.6 is 0 Å². The van der Waals surface area contributed by atoms with Crippen LogP contribution in [0.15, 0.2) is 18.2 Å². The highest BCUT2D eigenvalue weighted by atomic mass is 16.5. The van der Waals surface area contributed by atoms with Gasteiger partial charge in [-0.05, 0) is 12.1 Å². The lowest BCUT2D eigenvalue weighted by Crippen LogP contribution is -2.25. The fourth-order valence-corrected chi connectivity index (χ4v) is 2.02. The van der Waals surface area contributed by atoms with E-state index in [0.717, 1.165) is 29.0 Å². The zero-order chi connectivity index (χ0) is 13.8. The number of fused-ring (bicyclic) bond motifs is 1. The van der Waals surface area contributed by atoms with Gasteiger partial charge in [0.25, 0.3) is 0 Å². The van der Waals surface area contributed by atoms with Crippen molar-refractivity contribution in [2.45, 2.75) is 19.8 Å². The van der Waals surface area contributed by atoms with Gasteiger partial charge < -0.3 is 14.6 Å². The topological polar surface area (TPSA) is 56.1 Å². The molecular formula is C14H19N3O2. The molecule has 2 aromatic rings. The van der Waals surface area contributed by atoms with Crippen molar-refractivity contribution in [2.24, 2.45) is 7.05 Å². The first-order valence-electron chi connectivity index (χ1n) is 6.41. The molecule has 0 aliphatic rings. The fraction of sp³-hybridized carbons (Fsp3) is 0.429. The zero-order valence-corrected chi connectivity index (χ0v) is 11.6. The fourth-order valence-electron chi connectivity index (χ4n) is 2.02. The maximum Gasteiger partial charge on any atom is 0.219 e. The van der Waals surface area contributed by atoms with E-state index in [1.54, 1.807) is 7.11 Å². The summed E-state index contributed by atoms with van der Waals surface area (Å²) in [6.45, 7) is 2.46. The van der Waals surface area contributed by atoms with Crippen molar-refractivity contribution >= 4 is 16.9 Å². The molecule has 0 aliphatic carbocycles. The Hall–Kier alpha value is -2.04. The predicted octanol–water partition coefficient (Wildman–Crippen LogP) is 1.65. The summed E-state index contributed by atoms with van der Waals surface area (Å²) in [6.07, 6.45) is 1.24. The van der Waals surface area contributed by atoms with Gasteiger partial charge in [-0.3, -0.25) is 4.79 Å². The summed E-state index contributed by atoms with van der Waals surface area (Å²) < 4.78 is 7.24. The van der Waals surface area contributed by atoms with Gasteiger partial charge in [0.1, 0.15) is 11.6 Å². The van der Waals surface area contributed by atoms with Crippen LogP contribution in [0.3, 0.4) is 0 Å². The number of hydrogen-bond acceptors (Lipinski definition) is 3. The lowest BCUT2D eigenvalue weighted by molar-refractivity contribution is -0.120. The first-order chi connectivity index (χ1) is 9.15. The van der Waals surface area contributed by atoms with Crippen LogP contribution in [0, 0.1) is 0 Å². The number of aromatic nitrogens is 2. The Morgan fingerprint density at radius 2 is 2.26 bits per heavy atom. The Labute approximate surface area is 112 Å². The molecule has 0 atom stereocenters. The molecule has 0 bridgehead atoms. The highest BCUT2D eigenvalue weighted by Crippen LogP contribution is 2.20. The first-order valence-corrected chi connectivity index (χ1v) is 6.41. The van der Waals surface area contributed by atoms with Crippen LogP contribution in [0.5, 0.6) is 5.75 Å². The van der Waals surface area contributed by atoms with Crippen LogP contribution in [0.4, 0.5) is 0 Å². The van der Waals surface area contributed by atoms with Crippen molar-refractivity contribution < 1.29 is 9.53 Å². The number of benzene rings is 1. The lowest BCUT2D eigenvalue weighted by Gasteiger charge is -2.04. The van der Waals surface area contributed by atoms with Crippen molar-refractivity contribution in [2.75, 3.05) is 13.7 Å². The standard InChI is InChI=1S/C14H19N3O2/c1-4-14(18)15-8-7-13-16-11-9-10(19-3)5-6-12(11)17(13)2/h5-6,9H,4,7-8H2,1-3H3,(H,15,18). The minimum absolute atomic E-state index is 0.0698. The number of methoxy groups -OCH3 is 1. The van der Waals surface area contributed by atoms with Crippen molar-refractivity contribution in [3.63, 3.8) is 0 Å². The largest absolute Gasteiger partial charge is 0.497 e. The number of aryl methyl sites for hydroxylation is 1. The van der Waals surface area contributed by atoms with Gasteiger partial charge in [-0.1, -0.05) is 6.92 Å². The van der Waals surface area contributed by atoms with E-state index in [9.17, 15) is 4.79 Å². The normalized spacial score (nSPS) is 10.7. The summed E-state index contributed by atoms with van der Waals surface area (Å²) in [7, 11) is 3.63. The highest BCUT2D eigenvalue weighted by molar-refractivity contribution is 5.78. The van der Waals surface area contributed by atoms with Crippen molar-refractivity contribution in [3.05, 3.63) is 24.0 Å². The molecule has 0 aliphatic heterocycles. The third-order valence-electron chi connectivity index (χ3n) is 3.17. The SMILES string of the molecule is CCC(=O)NCCc1nc2cc(OC)ccc2n1C. The van der Waals surface area contributed by atoms with Gasteiger partial charge >= 0.3 is 0 Å². The van der Waals surface area contributed by atoms with E-state index in [4.69, 9.17) is 4.74 Å². The molecule has 0 fully saturated rings. The van der Waals surface area contributed by atoms with E-state index < -0.39 is 0 Å². The highest BCUT2D eigenvalue weighted by Gasteiger charge is 2.08. The van der Waals surface area contributed by atoms with Crippen molar-refractivity contribution in [3.8, 4) is 5.75 Å². The van der Waals surface area contributed by atoms with Crippen LogP contribution in [0.2, 0.25) is 0 Å². The molecule has 0 saturated carbocycles. The monoisotopic (exact) mass is 261 g/mol. The summed E-state index contributed by atoms with van der Waals surface area (Å²) in [5, 5.41) is 2.86. The molecule has 5 nitrogen and oxygen atoms in total. The van der Waals surface area contributed by atoms with Crippen LogP contribution in [0.1, 0.15) is 19.2 Å². The molecule has 19 heavy (non-hydrogen) atoms. The Bertz CT molecular complexity index is 590. The molecule has 0 radical (unpaired) electrons. The van der Waals surface area contributed by atoms with Gasteiger partial charge in [-0.15, -0.1) is 0 Å². The average Bonchev–Trinajstić information content (AvgIpc) is 2.74. The Morgan fingerprint density at radius 1 is 1.47 bits per heavy atom. The zero-order valence-electron chi connectivity index (χ0n) is 11.6. The van der Waals surface area contributed by atoms with E-state index in [-0.39, 0.29) is 5.91 Å². The number of carbonyl (C=O) groups is 1. The Morgan fingerprint density at radius 3 is 2.95 bits per heavy atom. The minimum atomic E-state index is 0.0698. The number of hydrogen-bond donors (Lipinski definition) is 1. The average molecular weight is 261 g/mol. The second-order valence-electron chi connectivity index (χ2n) is 4.40. The molecule has 1 aromatic carbocycles. The number of nitrogens with zero attached hydrogens (tertiary/aromatic N) is 2. The molecule has 0 saturated heterocycles. The number of carbonyl (C=O) groups excluding carboxylic acids is 1. The molecule has 1 heterocycles. The van der Waals surface area contributed by atoms with E-state index in [1.807, 2.05) is 36.7 Å². The predicted molar refractivity (Wildman–Crippen MR) is 74.3 cm³/mol. The molecular weight excluding hydrogens is 242 g/mol. The second-order valence-corrected chi connectivity index (χ2v) is 4.40. The third kappa shape index (κ3) is 2.86. The maximum atomic E-state index is 11.2. The molecule has 5 heteroatoms. The summed E-state index contributed by atoms with van der Waals surface area (Å²) in [6, 6.07) is 5.84. The van der Waals surface area contributed by atoms with E-state index in [1.165, 1.54) is 0 Å². The van der Waals surface area contributed by atoms with Gasteiger partial charge in [0.15, 0.2) is 0 Å². The number of nitrogens with one attached hydrogen (secondary N) is 1. The summed E-state index contributed by atoms with van der Waals surface area (Å²) in [5.74, 6) is 1.83. The summed E-state index contributed by atoms with van der Waals surface area (Å²) >= 11 is 0. The van der Waals surface area contributed by atoms with Crippen molar-refractivity contribution in [1.82, 2.24) is 14.9 Å². The van der Waals surface area contributed by atoms with Gasteiger partial charge in [0.05, 0.1) is 18.1 Å². The molecule has 0 spiro atoms. The smallest absolute Gasteiger partial charge is 0.219 e. The Balaban J connectivity index is 2.15.